The number of benzene rings is 2. The molecule has 4 aromatic rings. The summed E-state index contributed by atoms with van der Waals surface area (Å²) >= 11 is 1.32. The molecule has 0 saturated heterocycles. The van der Waals surface area contributed by atoms with E-state index in [-0.39, 0.29) is 13.0 Å². The van der Waals surface area contributed by atoms with Gasteiger partial charge in [0.05, 0.1) is 27.7 Å². The first kappa shape index (κ1) is 25.5. The van der Waals surface area contributed by atoms with Gasteiger partial charge in [-0.25, -0.2) is 8.78 Å². The van der Waals surface area contributed by atoms with Crippen LogP contribution < -0.4 is 5.32 Å². The highest BCUT2D eigenvalue weighted by Crippen LogP contribution is 2.33. The summed E-state index contributed by atoms with van der Waals surface area (Å²) in [6.45, 7) is 3.79. The van der Waals surface area contributed by atoms with Crippen molar-refractivity contribution in [2.75, 3.05) is 6.54 Å². The van der Waals surface area contributed by atoms with Gasteiger partial charge in [0, 0.05) is 23.2 Å². The average molecular weight is 535 g/mol. The van der Waals surface area contributed by atoms with Gasteiger partial charge in [0.25, 0.3) is 17.7 Å². The smallest absolute Gasteiger partial charge is 0.261 e. The highest BCUT2D eigenvalue weighted by molar-refractivity contribution is 7.14. The number of amides is 3. The Morgan fingerprint density at radius 3 is 2.39 bits per heavy atom. The van der Waals surface area contributed by atoms with Crippen molar-refractivity contribution in [2.24, 2.45) is 0 Å². The molecule has 3 amide bonds. The number of hydrogen-bond acceptors (Lipinski definition) is 5. The summed E-state index contributed by atoms with van der Waals surface area (Å²) in [5, 5.41) is 10.0. The van der Waals surface area contributed by atoms with Crippen LogP contribution >= 0.6 is 11.3 Å². The Kier molecular flexibility index (Phi) is 6.90. The lowest BCUT2D eigenvalue weighted by molar-refractivity contribution is 0.0629. The molecule has 1 aliphatic rings. The summed E-state index contributed by atoms with van der Waals surface area (Å²) in [5.41, 5.74) is 3.70. The number of H-pyrrole nitrogens is 1. The molecule has 0 saturated carbocycles. The number of imide groups is 1. The predicted molar refractivity (Wildman–Crippen MR) is 139 cm³/mol. The van der Waals surface area contributed by atoms with E-state index in [0.717, 1.165) is 45.2 Å². The minimum Gasteiger partial charge on any atom is -0.346 e. The van der Waals surface area contributed by atoms with E-state index in [1.165, 1.54) is 17.4 Å². The van der Waals surface area contributed by atoms with E-state index < -0.39 is 35.4 Å². The molecule has 10 heteroatoms. The SMILES string of the molecule is CCc1n[nH]cc1-c1cc(C(=O)N[C@@H](Cc2ccc(F)c(F)c2)CN2C(=O)c3ccccc3C2=O)sc1C. The lowest BCUT2D eigenvalue weighted by atomic mass is 10.0. The molecule has 5 rings (SSSR count). The summed E-state index contributed by atoms with van der Waals surface area (Å²) in [5.74, 6) is -3.32. The first-order valence-corrected chi connectivity index (χ1v) is 12.9. The fraction of sp³-hybridized carbons (Fsp3) is 0.214. The highest BCUT2D eigenvalue weighted by Gasteiger charge is 2.37. The second-order valence-corrected chi connectivity index (χ2v) is 10.3. The van der Waals surface area contributed by atoms with Crippen molar-refractivity contribution in [1.82, 2.24) is 20.4 Å². The largest absolute Gasteiger partial charge is 0.346 e. The monoisotopic (exact) mass is 534 g/mol. The molecule has 0 spiro atoms. The van der Waals surface area contributed by atoms with Gasteiger partial charge in [0.15, 0.2) is 11.6 Å². The second-order valence-electron chi connectivity index (χ2n) is 9.07. The Balaban J connectivity index is 1.41. The Morgan fingerprint density at radius 2 is 1.74 bits per heavy atom. The number of hydrogen-bond donors (Lipinski definition) is 2. The Bertz CT molecular complexity index is 1530. The van der Waals surface area contributed by atoms with Crippen LogP contribution in [0, 0.1) is 18.6 Å². The first-order chi connectivity index (χ1) is 18.3. The molecule has 0 fully saturated rings. The molecule has 3 heterocycles. The number of aromatic amines is 1. The number of thiophene rings is 1. The van der Waals surface area contributed by atoms with E-state index in [2.05, 4.69) is 15.5 Å². The normalized spacial score (nSPS) is 13.6. The number of rotatable bonds is 8. The van der Waals surface area contributed by atoms with Crippen LogP contribution in [0.5, 0.6) is 0 Å². The summed E-state index contributed by atoms with van der Waals surface area (Å²) in [6, 6.07) is 11.0. The van der Waals surface area contributed by atoms with Crippen LogP contribution in [0.2, 0.25) is 0 Å². The fourth-order valence-corrected chi connectivity index (χ4v) is 5.61. The van der Waals surface area contributed by atoms with Crippen LogP contribution in [0.3, 0.4) is 0 Å². The van der Waals surface area contributed by atoms with Crippen molar-refractivity contribution in [1.29, 1.82) is 0 Å². The maximum absolute atomic E-state index is 13.9. The molecule has 2 aromatic heterocycles. The van der Waals surface area contributed by atoms with Gasteiger partial charge < -0.3 is 5.32 Å². The molecule has 194 valence electrons. The summed E-state index contributed by atoms with van der Waals surface area (Å²) < 4.78 is 27.4. The Morgan fingerprint density at radius 1 is 1.03 bits per heavy atom. The number of fused-ring (bicyclic) bond motifs is 1. The maximum atomic E-state index is 13.9. The summed E-state index contributed by atoms with van der Waals surface area (Å²) in [6.07, 6.45) is 2.60. The van der Waals surface area contributed by atoms with Gasteiger partial charge in [-0.2, -0.15) is 5.10 Å². The minimum atomic E-state index is -1.02. The predicted octanol–water partition coefficient (Wildman–Crippen LogP) is 4.92. The number of aromatic nitrogens is 2. The van der Waals surface area contributed by atoms with Crippen LogP contribution in [0.1, 0.15) is 53.4 Å². The van der Waals surface area contributed by atoms with E-state index in [1.54, 1.807) is 36.5 Å². The average Bonchev–Trinajstić information content (AvgIpc) is 3.59. The lowest BCUT2D eigenvalue weighted by Crippen LogP contribution is -2.46. The van der Waals surface area contributed by atoms with E-state index in [9.17, 15) is 23.2 Å². The van der Waals surface area contributed by atoms with Crippen LogP contribution in [0.4, 0.5) is 8.78 Å². The number of carbonyl (C=O) groups is 3. The zero-order valence-electron chi connectivity index (χ0n) is 20.7. The van der Waals surface area contributed by atoms with Gasteiger partial charge in [-0.15, -0.1) is 11.3 Å². The molecule has 38 heavy (non-hydrogen) atoms. The van der Waals surface area contributed by atoms with Crippen molar-refractivity contribution in [3.63, 3.8) is 0 Å². The van der Waals surface area contributed by atoms with Crippen molar-refractivity contribution in [3.8, 4) is 11.1 Å². The van der Waals surface area contributed by atoms with Gasteiger partial charge in [-0.3, -0.25) is 24.4 Å². The van der Waals surface area contributed by atoms with Crippen molar-refractivity contribution in [2.45, 2.75) is 32.7 Å². The molecule has 1 atom stereocenters. The van der Waals surface area contributed by atoms with Gasteiger partial charge in [0.2, 0.25) is 0 Å². The van der Waals surface area contributed by atoms with Crippen LogP contribution in [0.25, 0.3) is 11.1 Å². The van der Waals surface area contributed by atoms with Crippen LogP contribution in [-0.2, 0) is 12.8 Å². The molecule has 1 aliphatic heterocycles. The van der Waals surface area contributed by atoms with Crippen molar-refractivity contribution in [3.05, 3.63) is 98.5 Å². The van der Waals surface area contributed by atoms with E-state index >= 15 is 0 Å². The van der Waals surface area contributed by atoms with Gasteiger partial charge in [-0.05, 0) is 61.2 Å². The third kappa shape index (κ3) is 4.74. The molecular formula is C28H24F2N4O3S. The first-order valence-electron chi connectivity index (χ1n) is 12.1. The number of halogens is 2. The zero-order chi connectivity index (χ0) is 27.0. The van der Waals surface area contributed by atoms with Crippen LogP contribution in [0.15, 0.2) is 54.7 Å². The standard InChI is InChI=1S/C28H24F2N4O3S/c1-3-24-21(13-31-33-24)20-12-25(38-15(20)2)26(35)32-17(10-16-8-9-22(29)23(30)11-16)14-34-27(36)18-6-4-5-7-19(18)28(34)37/h4-9,11-13,17H,3,10,14H2,1-2H3,(H,31,33)(H,32,35)/t17-/m0/s1. The molecule has 0 aliphatic carbocycles. The Hall–Kier alpha value is -4.18. The van der Waals surface area contributed by atoms with E-state index in [0.29, 0.717) is 21.6 Å². The van der Waals surface area contributed by atoms with E-state index in [4.69, 9.17) is 0 Å². The zero-order valence-corrected chi connectivity index (χ0v) is 21.5. The Labute approximate surface area is 221 Å². The van der Waals surface area contributed by atoms with Crippen LogP contribution in [-0.4, -0.2) is 45.4 Å². The van der Waals surface area contributed by atoms with Crippen molar-refractivity contribution < 1.29 is 23.2 Å². The van der Waals surface area contributed by atoms with Gasteiger partial charge in [-0.1, -0.05) is 25.1 Å². The molecular weight excluding hydrogens is 510 g/mol. The van der Waals surface area contributed by atoms with Gasteiger partial charge in [0.1, 0.15) is 0 Å². The molecule has 0 unspecified atom stereocenters. The topological polar surface area (TPSA) is 95.2 Å². The summed E-state index contributed by atoms with van der Waals surface area (Å²) in [7, 11) is 0. The lowest BCUT2D eigenvalue weighted by Gasteiger charge is -2.24. The third-order valence-electron chi connectivity index (χ3n) is 6.57. The summed E-state index contributed by atoms with van der Waals surface area (Å²) in [4.78, 5) is 41.8. The number of nitrogens with zero attached hydrogens (tertiary/aromatic N) is 2. The maximum Gasteiger partial charge on any atom is 0.261 e. The molecule has 7 nitrogen and oxygen atoms in total. The van der Waals surface area contributed by atoms with Crippen molar-refractivity contribution >= 4 is 29.1 Å². The molecule has 2 N–H and O–H groups in total. The van der Waals surface area contributed by atoms with Gasteiger partial charge >= 0.3 is 0 Å². The quantitative estimate of drug-likeness (QED) is 0.314. The molecule has 2 aromatic carbocycles. The third-order valence-corrected chi connectivity index (χ3v) is 7.62. The number of nitrogens with one attached hydrogen (secondary N) is 2. The highest BCUT2D eigenvalue weighted by atomic mass is 32.1. The van der Waals surface area contributed by atoms with E-state index in [1.807, 2.05) is 13.8 Å². The fourth-order valence-electron chi connectivity index (χ4n) is 4.68. The second kappa shape index (κ2) is 10.3. The number of carbonyl (C=O) groups excluding carboxylic acids is 3. The molecule has 0 radical (unpaired) electrons. The number of aryl methyl sites for hydroxylation is 2. The molecule has 0 bridgehead atoms. The minimum absolute atomic E-state index is 0.0786.